The largest absolute Gasteiger partial charge is 0.418 e. The van der Waals surface area contributed by atoms with E-state index in [-0.39, 0.29) is 30.4 Å². The molecular formula is C15H21N3O7S2. The first-order valence-electron chi connectivity index (χ1n) is 8.56. The zero-order chi connectivity index (χ0) is 19.8. The highest BCUT2D eigenvalue weighted by atomic mass is 32.3. The van der Waals surface area contributed by atoms with Gasteiger partial charge in [0.1, 0.15) is 6.04 Å². The van der Waals surface area contributed by atoms with Crippen molar-refractivity contribution in [3.05, 3.63) is 12.3 Å². The minimum absolute atomic E-state index is 0.0108. The Kier molecular flexibility index (Phi) is 5.79. The molecule has 0 spiro atoms. The summed E-state index contributed by atoms with van der Waals surface area (Å²) in [5.74, 6) is 0.906. The second-order valence-electron chi connectivity index (χ2n) is 6.73. The number of rotatable bonds is 6. The quantitative estimate of drug-likeness (QED) is 0.465. The summed E-state index contributed by atoms with van der Waals surface area (Å²) < 4.78 is 34.9. The molecule has 150 valence electrons. The van der Waals surface area contributed by atoms with Crippen LogP contribution < -0.4 is 5.32 Å². The van der Waals surface area contributed by atoms with E-state index in [0.717, 1.165) is 24.3 Å². The van der Waals surface area contributed by atoms with Crippen LogP contribution in [0.4, 0.5) is 4.79 Å². The van der Waals surface area contributed by atoms with Crippen LogP contribution in [0.3, 0.4) is 0 Å². The average Bonchev–Trinajstić information content (AvgIpc) is 2.85. The van der Waals surface area contributed by atoms with Crippen molar-refractivity contribution in [1.82, 2.24) is 15.3 Å². The van der Waals surface area contributed by atoms with Crippen LogP contribution in [0.2, 0.25) is 0 Å². The number of nitrogens with one attached hydrogen (secondary N) is 1. The molecule has 3 fully saturated rings. The molecule has 3 aliphatic heterocycles. The Morgan fingerprint density at radius 3 is 2.52 bits per heavy atom. The van der Waals surface area contributed by atoms with Crippen LogP contribution in [0.5, 0.6) is 0 Å². The van der Waals surface area contributed by atoms with Gasteiger partial charge in [-0.15, -0.1) is 4.28 Å². The van der Waals surface area contributed by atoms with E-state index in [2.05, 4.69) is 16.2 Å². The molecule has 27 heavy (non-hydrogen) atoms. The van der Waals surface area contributed by atoms with Crippen molar-refractivity contribution < 1.29 is 31.6 Å². The van der Waals surface area contributed by atoms with Gasteiger partial charge in [0, 0.05) is 12.5 Å². The summed E-state index contributed by atoms with van der Waals surface area (Å²) in [4.78, 5) is 38.5. The third-order valence-corrected chi connectivity index (χ3v) is 6.36. The van der Waals surface area contributed by atoms with Gasteiger partial charge >= 0.3 is 16.4 Å². The second-order valence-corrected chi connectivity index (χ2v) is 8.96. The number of urea groups is 1. The molecule has 2 N–H and O–H groups in total. The summed E-state index contributed by atoms with van der Waals surface area (Å²) >= 11 is 1.79. The van der Waals surface area contributed by atoms with Gasteiger partial charge in [0.05, 0.1) is 11.7 Å². The minimum atomic E-state index is -4.84. The summed E-state index contributed by atoms with van der Waals surface area (Å²) in [5.41, 5.74) is 0.0108. The smallest absolute Gasteiger partial charge is 0.322 e. The summed E-state index contributed by atoms with van der Waals surface area (Å²) in [5, 5.41) is 3.07. The van der Waals surface area contributed by atoms with Crippen LogP contribution in [-0.2, 0) is 24.3 Å². The summed E-state index contributed by atoms with van der Waals surface area (Å²) in [6, 6.07) is -2.26. The minimum Gasteiger partial charge on any atom is -0.322 e. The molecule has 3 heterocycles. The van der Waals surface area contributed by atoms with Crippen LogP contribution in [0, 0.1) is 5.92 Å². The number of hydroxylamine groups is 2. The Hall–Kier alpha value is -1.63. The molecule has 2 atom stereocenters. The number of carbonyl (C=O) groups is 3. The number of piperidine rings is 1. The molecule has 3 aliphatic rings. The number of Topliss-reactive ketones (excluding diaryl/α,β-unsaturated/α-hetero) is 1. The highest BCUT2D eigenvalue weighted by molar-refractivity contribution is 7.99. The summed E-state index contributed by atoms with van der Waals surface area (Å²) in [7, 11) is -4.84. The zero-order valence-electron chi connectivity index (χ0n) is 14.5. The Morgan fingerprint density at radius 2 is 1.89 bits per heavy atom. The number of nitrogens with zero attached hydrogens (tertiary/aromatic N) is 2. The van der Waals surface area contributed by atoms with Crippen molar-refractivity contribution in [2.75, 3.05) is 18.1 Å². The normalized spacial score (nSPS) is 26.2. The van der Waals surface area contributed by atoms with Crippen molar-refractivity contribution in [1.29, 1.82) is 0 Å². The third kappa shape index (κ3) is 4.45. The topological polar surface area (TPSA) is 133 Å². The first-order valence-corrected chi connectivity index (χ1v) is 11.1. The molecule has 0 aliphatic carbocycles. The Bertz CT molecular complexity index is 763. The number of allylic oxidation sites excluding steroid dienone is 1. The van der Waals surface area contributed by atoms with Gasteiger partial charge in [-0.05, 0) is 37.2 Å². The van der Waals surface area contributed by atoms with Gasteiger partial charge < -0.3 is 10.2 Å². The number of amides is 3. The molecule has 1 unspecified atom stereocenters. The molecule has 0 aromatic carbocycles. The Morgan fingerprint density at radius 1 is 1.22 bits per heavy atom. The monoisotopic (exact) mass is 419 g/mol. The fourth-order valence-corrected chi connectivity index (χ4v) is 5.10. The molecule has 2 bridgehead atoms. The molecule has 10 nitrogen and oxygen atoms in total. The second kappa shape index (κ2) is 7.78. The summed E-state index contributed by atoms with van der Waals surface area (Å²) in [6.45, 7) is 3.76. The van der Waals surface area contributed by atoms with Gasteiger partial charge in [0.15, 0.2) is 5.78 Å². The van der Waals surface area contributed by atoms with Crippen molar-refractivity contribution in [2.24, 2.45) is 5.92 Å². The number of fused-ring (bicyclic) bond motifs is 2. The molecule has 0 aromatic rings. The maximum absolute atomic E-state index is 12.6. The lowest BCUT2D eigenvalue weighted by Gasteiger charge is -2.29. The number of carbonyl (C=O) groups excluding carboxylic acids is 3. The molecule has 3 saturated heterocycles. The fraction of sp³-hybridized carbons (Fsp3) is 0.667. The Labute approximate surface area is 161 Å². The van der Waals surface area contributed by atoms with Crippen LogP contribution >= 0.6 is 11.8 Å². The molecule has 0 saturated carbocycles. The molecule has 3 rings (SSSR count). The van der Waals surface area contributed by atoms with E-state index >= 15 is 0 Å². The SMILES string of the molecule is C=C(NC(=O)[C@@H]1CCC2CN1C(=O)N2OS(=O)(=O)O)C(=O)C1CCSCC1. The highest BCUT2D eigenvalue weighted by Gasteiger charge is 2.49. The van der Waals surface area contributed by atoms with Gasteiger partial charge in [-0.1, -0.05) is 6.58 Å². The third-order valence-electron chi connectivity index (χ3n) is 4.96. The van der Waals surface area contributed by atoms with Crippen molar-refractivity contribution in [2.45, 2.75) is 37.8 Å². The maximum Gasteiger partial charge on any atom is 0.418 e. The van der Waals surface area contributed by atoms with E-state index in [1.54, 1.807) is 11.8 Å². The summed E-state index contributed by atoms with van der Waals surface area (Å²) in [6.07, 6.45) is 2.08. The van der Waals surface area contributed by atoms with Crippen LogP contribution in [-0.4, -0.2) is 70.8 Å². The van der Waals surface area contributed by atoms with E-state index in [1.807, 2.05) is 0 Å². The predicted molar refractivity (Wildman–Crippen MR) is 95.7 cm³/mol. The number of thioether (sulfide) groups is 1. The fourth-order valence-electron chi connectivity index (χ4n) is 3.60. The van der Waals surface area contributed by atoms with Gasteiger partial charge in [-0.3, -0.25) is 14.1 Å². The first kappa shape index (κ1) is 20.1. The Balaban J connectivity index is 1.62. The van der Waals surface area contributed by atoms with E-state index in [4.69, 9.17) is 4.55 Å². The predicted octanol–water partition coefficient (Wildman–Crippen LogP) is 0.332. The number of ketones is 1. The molecule has 0 aromatic heterocycles. The lowest BCUT2D eigenvalue weighted by molar-refractivity contribution is -0.127. The van der Waals surface area contributed by atoms with Crippen LogP contribution in [0.25, 0.3) is 0 Å². The van der Waals surface area contributed by atoms with E-state index in [1.165, 1.54) is 4.90 Å². The van der Waals surface area contributed by atoms with Crippen LogP contribution in [0.15, 0.2) is 12.3 Å². The average molecular weight is 419 g/mol. The number of hydrogen-bond donors (Lipinski definition) is 2. The molecular weight excluding hydrogens is 398 g/mol. The lowest BCUT2D eigenvalue weighted by atomic mass is 9.95. The molecule has 12 heteroatoms. The van der Waals surface area contributed by atoms with E-state index in [9.17, 15) is 22.8 Å². The first-order chi connectivity index (χ1) is 12.7. The van der Waals surface area contributed by atoms with Crippen LogP contribution in [0.1, 0.15) is 25.7 Å². The van der Waals surface area contributed by atoms with E-state index < -0.39 is 34.4 Å². The zero-order valence-corrected chi connectivity index (χ0v) is 16.1. The standard InChI is InChI=1S/C15H21N3O7S2/c1-9(13(19)10-4-6-26-7-5-10)16-14(20)12-3-2-11-8-17(12)15(21)18(11)25-27(22,23)24/h10-12H,1-8H2,(H,16,20)(H,22,23,24)/t11?,12-/m0/s1. The van der Waals surface area contributed by atoms with Crippen molar-refractivity contribution in [3.63, 3.8) is 0 Å². The van der Waals surface area contributed by atoms with E-state index in [0.29, 0.717) is 11.5 Å². The number of hydrogen-bond acceptors (Lipinski definition) is 7. The lowest BCUT2D eigenvalue weighted by Crippen LogP contribution is -2.50. The van der Waals surface area contributed by atoms with Crippen molar-refractivity contribution in [3.8, 4) is 0 Å². The maximum atomic E-state index is 12.6. The van der Waals surface area contributed by atoms with Gasteiger partial charge in [0.2, 0.25) is 5.91 Å². The molecule has 0 radical (unpaired) electrons. The van der Waals surface area contributed by atoms with Gasteiger partial charge in [-0.25, -0.2) is 4.79 Å². The van der Waals surface area contributed by atoms with Crippen molar-refractivity contribution >= 4 is 39.9 Å². The van der Waals surface area contributed by atoms with Gasteiger partial charge in [-0.2, -0.15) is 25.2 Å². The molecule has 3 amide bonds. The highest BCUT2D eigenvalue weighted by Crippen LogP contribution is 2.31. The van der Waals surface area contributed by atoms with Gasteiger partial charge in [0.25, 0.3) is 0 Å².